The number of thioether (sulfide) groups is 1. The Hall–Kier alpha value is 1.32. The molecule has 18 heteroatoms. The first-order chi connectivity index (χ1) is 39.9. The van der Waals surface area contributed by atoms with Crippen LogP contribution >= 0.6 is 75.5 Å². The molecule has 10 aliphatic rings. The fourth-order valence-corrected chi connectivity index (χ4v) is 20.4. The number of carbonyl (C=O) groups excluding carboxylic acids is 2. The van der Waals surface area contributed by atoms with Crippen LogP contribution in [0.3, 0.4) is 0 Å². The van der Waals surface area contributed by atoms with Crippen LogP contribution in [0, 0.1) is 41.6 Å². The van der Waals surface area contributed by atoms with Crippen LogP contribution in [0.5, 0.6) is 0 Å². The molecule has 6 nitrogen and oxygen atoms in total. The van der Waals surface area contributed by atoms with E-state index in [0.717, 1.165) is 64.2 Å². The van der Waals surface area contributed by atoms with E-state index in [1.807, 2.05) is 0 Å². The summed E-state index contributed by atoms with van der Waals surface area (Å²) >= 11 is 10.4. The Morgan fingerprint density at radius 1 is 0.545 bits per heavy atom. The summed E-state index contributed by atoms with van der Waals surface area (Å²) in [7, 11) is 0.312. The molecule has 2 aliphatic heterocycles. The molecule has 8 bridgehead atoms. The van der Waals surface area contributed by atoms with E-state index >= 15 is 0 Å². The molecule has 10 fully saturated rings. The van der Waals surface area contributed by atoms with Gasteiger partial charge in [0.25, 0.3) is 0 Å². The summed E-state index contributed by atoms with van der Waals surface area (Å²) in [5.41, 5.74) is 3.23. The Bertz CT molecular complexity index is 2420. The van der Waals surface area contributed by atoms with E-state index in [9.17, 15) is 37.4 Å². The molecule has 8 aliphatic carbocycles. The number of ether oxygens (including phenoxy) is 2. The van der Waals surface area contributed by atoms with Gasteiger partial charge in [0.05, 0.1) is 24.4 Å². The van der Waals surface area contributed by atoms with Gasteiger partial charge in [0, 0.05) is 35.6 Å². The van der Waals surface area contributed by atoms with Gasteiger partial charge in [0.2, 0.25) is 0 Å². The number of rotatable bonds is 10. The minimum atomic E-state index is -3.43. The molecule has 2 N–H and O–H groups in total. The van der Waals surface area contributed by atoms with E-state index in [4.69, 9.17) is 9.47 Å². The zero-order valence-electron chi connectivity index (χ0n) is 52.8. The summed E-state index contributed by atoms with van der Waals surface area (Å²) in [6.07, 6.45) is 19.0. The normalized spacial score (nSPS) is 27.9. The van der Waals surface area contributed by atoms with Crippen molar-refractivity contribution in [1.29, 1.82) is 0 Å². The molecule has 4 unspecified atom stereocenters. The molecule has 2 heterocycles. The average Bonchev–Trinajstić information content (AvgIpc) is 0.907. The van der Waals surface area contributed by atoms with Crippen LogP contribution < -0.4 is 34.5 Å². The molecule has 3 aromatic carbocycles. The molecule has 0 aromatic heterocycles. The summed E-state index contributed by atoms with van der Waals surface area (Å²) in [6.45, 7) is 21.6. The SMILES string of the molecule is C.C.C1CCSCC1.CC(C)(C)c1ccc([I-]c2ccc(C(C)(C)C)cc2)cc1.CC(C)(C)c1ccc([S+]2CCCCC2)cc1.CC(F)(F)C(=O)OCC12CC3CC(CC(O)(C3)C1)C2.CC(F)(F)C(=O)OCC12CC3CC(CC(O)(C3)C1)C2.I[I-]I(I)I. The average molecular weight is 1950 g/mol. The topological polar surface area (TPSA) is 93.1 Å². The van der Waals surface area contributed by atoms with Crippen LogP contribution in [0.25, 0.3) is 0 Å². The molecule has 13 rings (SSSR count). The van der Waals surface area contributed by atoms with Gasteiger partial charge >= 0.3 is 241 Å². The summed E-state index contributed by atoms with van der Waals surface area (Å²) in [5.74, 6) is -2.22. The maximum atomic E-state index is 12.8. The summed E-state index contributed by atoms with van der Waals surface area (Å²) in [4.78, 5) is 24.0. The Morgan fingerprint density at radius 2 is 0.852 bits per heavy atom. The standard InChI is InChI=1S/C20H26I.C15H23S.2C14H20F2O3.C5H10S.2CH4.I5/c1-19(2,3)15-7-11-17(12-8-15)21-18-13-9-16(10-14-18)20(4,5)6;1-15(2,3)13-7-9-14(10-8-13)16-11-5-4-6-12-16;2*1-12(15,16)11(17)19-8-13-3-9-2-10(4-13)6-14(18,5-9)7-13;1-2-4-6-5-3-1;;;1-4-5(2)3/h7-14H,1-6H3;7-10H,4-6,11-12H2,1-3H3;2*9-10,18H,2-8H2,1H3;1-5H2;2*1H4;/q-1;+1;;;;;;-1. The van der Waals surface area contributed by atoms with E-state index in [-0.39, 0.29) is 84.2 Å². The zero-order chi connectivity index (χ0) is 63.6. The van der Waals surface area contributed by atoms with Crippen molar-refractivity contribution in [2.45, 2.75) is 251 Å². The summed E-state index contributed by atoms with van der Waals surface area (Å²) in [6, 6.07) is 27.8. The Balaban J connectivity index is 0.000000236. The molecule has 2 saturated heterocycles. The van der Waals surface area contributed by atoms with Gasteiger partial charge in [-0.15, -0.1) is 0 Å². The van der Waals surface area contributed by atoms with Crippen LogP contribution in [0.2, 0.25) is 0 Å². The Labute approximate surface area is 590 Å². The second-order valence-electron chi connectivity index (χ2n) is 29.5. The number of esters is 2. The first-order valence-electron chi connectivity index (χ1n) is 31.0. The number of alkyl halides is 4. The quantitative estimate of drug-likeness (QED) is 0.0904. The van der Waals surface area contributed by atoms with Crippen LogP contribution in [-0.2, 0) is 46.2 Å². The van der Waals surface area contributed by atoms with Crippen LogP contribution in [0.1, 0.15) is 223 Å². The van der Waals surface area contributed by atoms with Crippen LogP contribution in [0.4, 0.5) is 17.6 Å². The van der Waals surface area contributed by atoms with Crippen molar-refractivity contribution in [3.63, 3.8) is 0 Å². The van der Waals surface area contributed by atoms with E-state index < -0.39 is 35.0 Å². The third-order valence-corrected chi connectivity index (χ3v) is 107. The Kier molecular flexibility index (Phi) is 32.7. The van der Waals surface area contributed by atoms with E-state index in [0.29, 0.717) is 74.5 Å². The van der Waals surface area contributed by atoms with E-state index in [1.165, 1.54) is 85.4 Å². The first-order valence-corrected chi connectivity index (χ1v) is 61.0. The van der Waals surface area contributed by atoms with Crippen molar-refractivity contribution >= 4 is 98.3 Å². The van der Waals surface area contributed by atoms with Crippen molar-refractivity contribution in [2.75, 3.05) is 36.2 Å². The van der Waals surface area contributed by atoms with Crippen molar-refractivity contribution in [1.82, 2.24) is 0 Å². The van der Waals surface area contributed by atoms with Gasteiger partial charge < -0.3 is 19.7 Å². The summed E-state index contributed by atoms with van der Waals surface area (Å²) < 4.78 is 64.0. The third-order valence-electron chi connectivity index (χ3n) is 18.1. The van der Waals surface area contributed by atoms with Gasteiger partial charge in [-0.25, -0.2) is 9.59 Å². The minimum absolute atomic E-state index is 0. The van der Waals surface area contributed by atoms with Crippen molar-refractivity contribution in [3.05, 3.63) is 96.6 Å². The number of aliphatic hydroxyl groups is 2. The van der Waals surface area contributed by atoms with Gasteiger partial charge in [-0.2, -0.15) is 29.3 Å². The maximum absolute atomic E-state index is 12.8. The molecule has 506 valence electrons. The fourth-order valence-electron chi connectivity index (χ4n) is 14.9. The molecule has 0 radical (unpaired) electrons. The molecule has 0 amide bonds. The molecular weight excluding hydrogens is 1840 g/mol. The number of hydrogen-bond acceptors (Lipinski definition) is 7. The van der Waals surface area contributed by atoms with Gasteiger partial charge in [-0.1, -0.05) is 54.2 Å². The van der Waals surface area contributed by atoms with Gasteiger partial charge in [-0.3, -0.25) is 0 Å². The molecule has 0 spiro atoms. The molecule has 8 saturated carbocycles. The van der Waals surface area contributed by atoms with Crippen molar-refractivity contribution in [2.24, 2.45) is 34.5 Å². The second kappa shape index (κ2) is 35.2. The fraction of sp³-hybridized carbons (Fsp3) is 0.714. The van der Waals surface area contributed by atoms with Gasteiger partial charge in [0.1, 0.15) is 11.5 Å². The molecular formula is C70H107F4I6O6S2-. The number of benzene rings is 3. The second-order valence-corrected chi connectivity index (χ2v) is 101. The van der Waals surface area contributed by atoms with Crippen LogP contribution in [-0.4, -0.2) is 81.4 Å². The van der Waals surface area contributed by atoms with Gasteiger partial charge in [0.15, 0.2) is 4.90 Å². The Morgan fingerprint density at radius 3 is 1.10 bits per heavy atom. The molecule has 88 heavy (non-hydrogen) atoms. The van der Waals surface area contributed by atoms with E-state index in [1.54, 1.807) is 4.90 Å². The first kappa shape index (κ1) is 81.7. The number of hydrogen-bond donors (Lipinski definition) is 2. The predicted molar refractivity (Wildman–Crippen MR) is 390 cm³/mol. The summed E-state index contributed by atoms with van der Waals surface area (Å²) in [5, 5.41) is 21.0. The molecule has 4 atom stereocenters. The zero-order valence-corrected chi connectivity index (χ0v) is 67.4. The van der Waals surface area contributed by atoms with Gasteiger partial charge in [-0.05, 0) is 167 Å². The van der Waals surface area contributed by atoms with Crippen molar-refractivity contribution in [3.8, 4) is 0 Å². The van der Waals surface area contributed by atoms with Crippen molar-refractivity contribution < 1.29 is 81.3 Å². The van der Waals surface area contributed by atoms with Crippen LogP contribution in [0.15, 0.2) is 77.7 Å². The number of carbonyl (C=O) groups is 2. The monoisotopic (exact) mass is 1950 g/mol. The molecule has 3 aromatic rings. The number of halogens is 10. The predicted octanol–water partition coefficient (Wildman–Crippen LogP) is 15.3. The van der Waals surface area contributed by atoms with E-state index in [2.05, 4.69) is 203 Å². The third kappa shape index (κ3) is 26.3.